The lowest BCUT2D eigenvalue weighted by Crippen LogP contribution is -1.84. The summed E-state index contributed by atoms with van der Waals surface area (Å²) in [6.45, 7) is 0. The molecule has 2 rings (SSSR count). The summed E-state index contributed by atoms with van der Waals surface area (Å²) in [5, 5.41) is 1.75. The first kappa shape index (κ1) is 9.00. The van der Waals surface area contributed by atoms with Gasteiger partial charge in [0.15, 0.2) is 0 Å². The summed E-state index contributed by atoms with van der Waals surface area (Å²) in [6, 6.07) is 3.28. The molecule has 2 heterocycles. The van der Waals surface area contributed by atoms with Crippen molar-refractivity contribution in [2.75, 3.05) is 0 Å². The first-order valence-corrected chi connectivity index (χ1v) is 4.58. The van der Waals surface area contributed by atoms with Gasteiger partial charge in [0.05, 0.1) is 15.9 Å². The lowest BCUT2D eigenvalue weighted by atomic mass is 10.3. The number of fused-ring (bicyclic) bond motifs is 1. The van der Waals surface area contributed by atoms with Gasteiger partial charge in [-0.05, 0) is 6.07 Å². The van der Waals surface area contributed by atoms with Crippen molar-refractivity contribution in [3.8, 4) is 0 Å². The van der Waals surface area contributed by atoms with Crippen LogP contribution in [-0.4, -0.2) is 9.97 Å². The number of aromatic nitrogens is 2. The highest BCUT2D eigenvalue weighted by Gasteiger charge is 2.06. The fourth-order valence-corrected chi connectivity index (χ4v) is 1.87. The minimum atomic E-state index is 0.278. The molecule has 0 fully saturated rings. The van der Waals surface area contributed by atoms with E-state index < -0.39 is 0 Å². The number of pyridine rings is 2. The Bertz CT molecular complexity index is 470. The molecule has 0 N–H and O–H groups in total. The molecule has 0 spiro atoms. The fraction of sp³-hybridized carbons (Fsp3) is 0. The van der Waals surface area contributed by atoms with Crippen molar-refractivity contribution >= 4 is 45.7 Å². The maximum Gasteiger partial charge on any atom is 0.141 e. The summed E-state index contributed by atoms with van der Waals surface area (Å²) < 4.78 is 0. The Morgan fingerprint density at radius 1 is 1.15 bits per heavy atom. The van der Waals surface area contributed by atoms with Crippen LogP contribution in [0.15, 0.2) is 18.3 Å². The van der Waals surface area contributed by atoms with Gasteiger partial charge in [0.25, 0.3) is 0 Å². The normalized spacial score (nSPS) is 10.7. The maximum absolute atomic E-state index is 5.91. The number of rotatable bonds is 0. The molecule has 0 amide bonds. The average Bonchev–Trinajstić information content (AvgIpc) is 2.02. The molecule has 0 unspecified atom stereocenters. The van der Waals surface area contributed by atoms with Crippen LogP contribution in [0.25, 0.3) is 10.9 Å². The standard InChI is InChI=1S/C8H3Cl3N2/c9-4-1-2-12-5-3-6(10)13-8(11)7(4)5/h1-3H. The van der Waals surface area contributed by atoms with E-state index in [0.717, 1.165) is 0 Å². The highest BCUT2D eigenvalue weighted by molar-refractivity contribution is 6.42. The Balaban J connectivity index is 2.94. The van der Waals surface area contributed by atoms with Crippen LogP contribution < -0.4 is 0 Å². The van der Waals surface area contributed by atoms with Gasteiger partial charge in [0.1, 0.15) is 10.3 Å². The van der Waals surface area contributed by atoms with Gasteiger partial charge in [-0.3, -0.25) is 4.98 Å². The maximum atomic E-state index is 5.91. The second-order valence-electron chi connectivity index (χ2n) is 2.42. The van der Waals surface area contributed by atoms with Crippen LogP contribution in [0.2, 0.25) is 15.3 Å². The number of hydrogen-bond donors (Lipinski definition) is 0. The fourth-order valence-electron chi connectivity index (χ4n) is 1.06. The van der Waals surface area contributed by atoms with E-state index in [-0.39, 0.29) is 5.15 Å². The van der Waals surface area contributed by atoms with Crippen LogP contribution in [0.4, 0.5) is 0 Å². The van der Waals surface area contributed by atoms with Crippen molar-refractivity contribution in [2.24, 2.45) is 0 Å². The number of hydrogen-bond acceptors (Lipinski definition) is 2. The third-order valence-corrected chi connectivity index (χ3v) is 2.38. The minimum Gasteiger partial charge on any atom is -0.256 e. The van der Waals surface area contributed by atoms with E-state index >= 15 is 0 Å². The zero-order valence-corrected chi connectivity index (χ0v) is 8.53. The molecule has 5 heteroatoms. The smallest absolute Gasteiger partial charge is 0.141 e. The monoisotopic (exact) mass is 232 g/mol. The average molecular weight is 233 g/mol. The molecule has 0 bridgehead atoms. The van der Waals surface area contributed by atoms with Gasteiger partial charge < -0.3 is 0 Å². The van der Waals surface area contributed by atoms with E-state index in [1.54, 1.807) is 18.3 Å². The third kappa shape index (κ3) is 1.57. The van der Waals surface area contributed by atoms with Crippen molar-refractivity contribution in [3.05, 3.63) is 33.7 Å². The van der Waals surface area contributed by atoms with Crippen LogP contribution in [0.5, 0.6) is 0 Å². The molecular formula is C8H3Cl3N2. The highest BCUT2D eigenvalue weighted by atomic mass is 35.5. The first-order chi connectivity index (χ1) is 6.18. The van der Waals surface area contributed by atoms with Crippen molar-refractivity contribution in [1.82, 2.24) is 9.97 Å². The van der Waals surface area contributed by atoms with E-state index in [1.807, 2.05) is 0 Å². The van der Waals surface area contributed by atoms with E-state index in [0.29, 0.717) is 21.1 Å². The van der Waals surface area contributed by atoms with Gasteiger partial charge in [-0.2, -0.15) is 0 Å². The molecule has 2 nitrogen and oxygen atoms in total. The lowest BCUT2D eigenvalue weighted by molar-refractivity contribution is 1.32. The van der Waals surface area contributed by atoms with E-state index in [1.165, 1.54) is 0 Å². The number of nitrogens with zero attached hydrogens (tertiary/aromatic N) is 2. The quantitative estimate of drug-likeness (QED) is 0.650. The summed E-state index contributed by atoms with van der Waals surface area (Å²) in [4.78, 5) is 7.94. The van der Waals surface area contributed by atoms with E-state index in [2.05, 4.69) is 9.97 Å². The molecular weight excluding hydrogens is 230 g/mol. The summed E-state index contributed by atoms with van der Waals surface area (Å²) in [7, 11) is 0. The van der Waals surface area contributed by atoms with Gasteiger partial charge in [-0.15, -0.1) is 0 Å². The zero-order chi connectivity index (χ0) is 9.42. The van der Waals surface area contributed by atoms with Crippen LogP contribution in [0, 0.1) is 0 Å². The predicted octanol–water partition coefficient (Wildman–Crippen LogP) is 3.59. The lowest BCUT2D eigenvalue weighted by Gasteiger charge is -2.01. The molecule has 0 aliphatic rings. The molecule has 0 saturated heterocycles. The van der Waals surface area contributed by atoms with Gasteiger partial charge >= 0.3 is 0 Å². The summed E-state index contributed by atoms with van der Waals surface area (Å²) >= 11 is 17.5. The van der Waals surface area contributed by atoms with E-state index in [4.69, 9.17) is 34.8 Å². The Labute approximate surface area is 89.5 Å². The molecule has 2 aromatic rings. The SMILES string of the molecule is Clc1cc2nccc(Cl)c2c(Cl)n1. The van der Waals surface area contributed by atoms with E-state index in [9.17, 15) is 0 Å². The molecule has 0 saturated carbocycles. The van der Waals surface area contributed by atoms with Crippen molar-refractivity contribution in [1.29, 1.82) is 0 Å². The number of halogens is 3. The second kappa shape index (κ2) is 3.29. The third-order valence-electron chi connectivity index (χ3n) is 1.60. The molecule has 0 radical (unpaired) electrons. The van der Waals surface area contributed by atoms with Crippen molar-refractivity contribution < 1.29 is 0 Å². The summed E-state index contributed by atoms with van der Waals surface area (Å²) in [5.74, 6) is 0. The van der Waals surface area contributed by atoms with Gasteiger partial charge in [0, 0.05) is 12.3 Å². The summed E-state index contributed by atoms with van der Waals surface area (Å²) in [5.41, 5.74) is 0.650. The highest BCUT2D eigenvalue weighted by Crippen LogP contribution is 2.28. The minimum absolute atomic E-state index is 0.278. The molecule has 2 aromatic heterocycles. The first-order valence-electron chi connectivity index (χ1n) is 3.45. The van der Waals surface area contributed by atoms with Gasteiger partial charge in [0.2, 0.25) is 0 Å². The topological polar surface area (TPSA) is 25.8 Å². The van der Waals surface area contributed by atoms with Crippen LogP contribution in [0.1, 0.15) is 0 Å². The summed E-state index contributed by atoms with van der Waals surface area (Å²) in [6.07, 6.45) is 1.59. The predicted molar refractivity (Wildman–Crippen MR) is 54.6 cm³/mol. The Morgan fingerprint density at radius 3 is 2.69 bits per heavy atom. The molecule has 66 valence electrons. The zero-order valence-electron chi connectivity index (χ0n) is 6.26. The Morgan fingerprint density at radius 2 is 1.92 bits per heavy atom. The van der Waals surface area contributed by atoms with Gasteiger partial charge in [-0.25, -0.2) is 4.98 Å². The molecule has 0 atom stereocenters. The Kier molecular flexibility index (Phi) is 2.28. The van der Waals surface area contributed by atoms with Crippen LogP contribution in [0.3, 0.4) is 0 Å². The molecule has 0 aliphatic carbocycles. The Hall–Kier alpha value is -0.570. The molecule has 13 heavy (non-hydrogen) atoms. The molecule has 0 aromatic carbocycles. The van der Waals surface area contributed by atoms with Crippen LogP contribution >= 0.6 is 34.8 Å². The van der Waals surface area contributed by atoms with Crippen molar-refractivity contribution in [2.45, 2.75) is 0 Å². The largest absolute Gasteiger partial charge is 0.256 e. The second-order valence-corrected chi connectivity index (χ2v) is 3.58. The van der Waals surface area contributed by atoms with Crippen LogP contribution in [-0.2, 0) is 0 Å². The van der Waals surface area contributed by atoms with Gasteiger partial charge in [-0.1, -0.05) is 34.8 Å². The van der Waals surface area contributed by atoms with Crippen molar-refractivity contribution in [3.63, 3.8) is 0 Å². The molecule has 0 aliphatic heterocycles.